The van der Waals surface area contributed by atoms with Crippen LogP contribution in [0.5, 0.6) is 0 Å². The Hall–Kier alpha value is -0.860. The summed E-state index contributed by atoms with van der Waals surface area (Å²) < 4.78 is 0. The van der Waals surface area contributed by atoms with Crippen LogP contribution in [0.2, 0.25) is 0 Å². The third-order valence-corrected chi connectivity index (χ3v) is 4.50. The van der Waals surface area contributed by atoms with E-state index in [9.17, 15) is 5.11 Å². The Kier molecular flexibility index (Phi) is 5.41. The average Bonchev–Trinajstić information content (AvgIpc) is 2.46. The van der Waals surface area contributed by atoms with Gasteiger partial charge in [0.2, 0.25) is 0 Å². The van der Waals surface area contributed by atoms with Crippen LogP contribution in [-0.2, 0) is 0 Å². The summed E-state index contributed by atoms with van der Waals surface area (Å²) in [5, 5.41) is 10.3. The first-order valence-corrected chi connectivity index (χ1v) is 7.62. The molecule has 0 aliphatic heterocycles. The molecule has 1 saturated carbocycles. The molecule has 19 heavy (non-hydrogen) atoms. The Morgan fingerprint density at radius 1 is 1.21 bits per heavy atom. The number of hydrogen-bond donors (Lipinski definition) is 1. The maximum atomic E-state index is 10.3. The Balaban J connectivity index is 1.82. The minimum atomic E-state index is -0.327. The van der Waals surface area contributed by atoms with Crippen molar-refractivity contribution in [2.75, 3.05) is 13.6 Å². The highest BCUT2D eigenvalue weighted by Gasteiger charge is 2.19. The molecule has 1 N–H and O–H groups in total. The number of benzene rings is 1. The van der Waals surface area contributed by atoms with E-state index in [0.717, 1.165) is 24.6 Å². The van der Waals surface area contributed by atoms with Gasteiger partial charge in [0.25, 0.3) is 0 Å². The van der Waals surface area contributed by atoms with Crippen molar-refractivity contribution in [2.24, 2.45) is 0 Å². The molecule has 0 bridgehead atoms. The summed E-state index contributed by atoms with van der Waals surface area (Å²) in [7, 11) is 2.21. The van der Waals surface area contributed by atoms with Crippen LogP contribution in [0.15, 0.2) is 24.3 Å². The van der Waals surface area contributed by atoms with Crippen LogP contribution in [-0.4, -0.2) is 29.6 Å². The highest BCUT2D eigenvalue weighted by Crippen LogP contribution is 2.24. The summed E-state index contributed by atoms with van der Waals surface area (Å²) in [5.74, 6) is 0. The molecule has 1 aromatic carbocycles. The van der Waals surface area contributed by atoms with Crippen molar-refractivity contribution >= 4 is 0 Å². The quantitative estimate of drug-likeness (QED) is 0.874. The van der Waals surface area contributed by atoms with E-state index >= 15 is 0 Å². The number of nitrogens with zero attached hydrogens (tertiary/aromatic N) is 1. The molecular formula is C17H27NO. The van der Waals surface area contributed by atoms with Crippen molar-refractivity contribution in [2.45, 2.75) is 57.6 Å². The SMILES string of the molecule is Cc1ccccc1C(O)CCN(C)C1CCCCC1. The minimum absolute atomic E-state index is 0.327. The lowest BCUT2D eigenvalue weighted by molar-refractivity contribution is 0.125. The van der Waals surface area contributed by atoms with E-state index in [1.54, 1.807) is 0 Å². The molecule has 2 rings (SSSR count). The second-order valence-corrected chi connectivity index (χ2v) is 5.93. The third-order valence-electron chi connectivity index (χ3n) is 4.50. The largest absolute Gasteiger partial charge is 0.388 e. The van der Waals surface area contributed by atoms with Gasteiger partial charge in [-0.15, -0.1) is 0 Å². The highest BCUT2D eigenvalue weighted by atomic mass is 16.3. The van der Waals surface area contributed by atoms with E-state index in [0.29, 0.717) is 0 Å². The van der Waals surface area contributed by atoms with Crippen LogP contribution in [0.3, 0.4) is 0 Å². The van der Waals surface area contributed by atoms with Crippen molar-refractivity contribution in [1.82, 2.24) is 4.90 Å². The molecule has 0 amide bonds. The molecule has 2 nitrogen and oxygen atoms in total. The monoisotopic (exact) mass is 261 g/mol. The lowest BCUT2D eigenvalue weighted by atomic mass is 9.94. The highest BCUT2D eigenvalue weighted by molar-refractivity contribution is 5.27. The number of rotatable bonds is 5. The van der Waals surface area contributed by atoms with E-state index in [1.165, 1.54) is 37.7 Å². The van der Waals surface area contributed by atoms with Gasteiger partial charge < -0.3 is 10.0 Å². The Morgan fingerprint density at radius 3 is 2.58 bits per heavy atom. The van der Waals surface area contributed by atoms with E-state index < -0.39 is 0 Å². The molecule has 1 unspecified atom stereocenters. The molecule has 0 saturated heterocycles. The third kappa shape index (κ3) is 4.05. The van der Waals surface area contributed by atoms with Crippen molar-refractivity contribution in [3.05, 3.63) is 35.4 Å². The molecular weight excluding hydrogens is 234 g/mol. The topological polar surface area (TPSA) is 23.5 Å². The van der Waals surface area contributed by atoms with Gasteiger partial charge in [0.1, 0.15) is 0 Å². The summed E-state index contributed by atoms with van der Waals surface area (Å²) in [6.07, 6.45) is 7.30. The molecule has 0 heterocycles. The normalized spacial score (nSPS) is 18.7. The summed E-state index contributed by atoms with van der Waals surface area (Å²) in [4.78, 5) is 2.45. The standard InChI is InChI=1S/C17H27NO/c1-14-8-6-7-11-16(14)17(19)12-13-18(2)15-9-4-3-5-10-15/h6-8,11,15,17,19H,3-5,9-10,12-13H2,1-2H3. The molecule has 0 radical (unpaired) electrons. The van der Waals surface area contributed by atoms with Crippen LogP contribution in [0.1, 0.15) is 55.8 Å². The van der Waals surface area contributed by atoms with E-state index in [-0.39, 0.29) is 6.10 Å². The van der Waals surface area contributed by atoms with Crippen LogP contribution in [0, 0.1) is 6.92 Å². The zero-order chi connectivity index (χ0) is 13.7. The smallest absolute Gasteiger partial charge is 0.0804 e. The van der Waals surface area contributed by atoms with Gasteiger partial charge in [-0.25, -0.2) is 0 Å². The molecule has 0 spiro atoms. The van der Waals surface area contributed by atoms with Crippen LogP contribution in [0.4, 0.5) is 0 Å². The van der Waals surface area contributed by atoms with Crippen molar-refractivity contribution in [3.63, 3.8) is 0 Å². The predicted molar refractivity (Wildman–Crippen MR) is 80.3 cm³/mol. The van der Waals surface area contributed by atoms with Gasteiger partial charge in [-0.2, -0.15) is 0 Å². The van der Waals surface area contributed by atoms with Gasteiger partial charge in [-0.3, -0.25) is 0 Å². The zero-order valence-corrected chi connectivity index (χ0v) is 12.3. The zero-order valence-electron chi connectivity index (χ0n) is 12.3. The molecule has 106 valence electrons. The molecule has 1 atom stereocenters. The first-order valence-electron chi connectivity index (χ1n) is 7.62. The van der Waals surface area contributed by atoms with Crippen LogP contribution in [0.25, 0.3) is 0 Å². The summed E-state index contributed by atoms with van der Waals surface area (Å²) in [6.45, 7) is 3.06. The Labute approximate surface area is 117 Å². The number of aliphatic hydroxyl groups excluding tert-OH is 1. The maximum absolute atomic E-state index is 10.3. The summed E-state index contributed by atoms with van der Waals surface area (Å²) in [5.41, 5.74) is 2.27. The van der Waals surface area contributed by atoms with Crippen molar-refractivity contribution in [1.29, 1.82) is 0 Å². The van der Waals surface area contributed by atoms with Gasteiger partial charge in [0.15, 0.2) is 0 Å². The molecule has 1 aliphatic rings. The number of aliphatic hydroxyl groups is 1. The molecule has 1 aromatic rings. The fraction of sp³-hybridized carbons (Fsp3) is 0.647. The van der Waals surface area contributed by atoms with Gasteiger partial charge in [-0.05, 0) is 44.4 Å². The molecule has 1 aliphatic carbocycles. The maximum Gasteiger partial charge on any atom is 0.0804 e. The molecule has 0 aromatic heterocycles. The van der Waals surface area contributed by atoms with E-state index in [1.807, 2.05) is 18.2 Å². The van der Waals surface area contributed by atoms with Crippen LogP contribution < -0.4 is 0 Å². The minimum Gasteiger partial charge on any atom is -0.388 e. The first-order chi connectivity index (χ1) is 9.18. The fourth-order valence-corrected chi connectivity index (χ4v) is 3.15. The van der Waals surface area contributed by atoms with Gasteiger partial charge in [-0.1, -0.05) is 43.5 Å². The predicted octanol–water partition coefficient (Wildman–Crippen LogP) is 3.68. The Morgan fingerprint density at radius 2 is 1.89 bits per heavy atom. The second kappa shape index (κ2) is 7.06. The summed E-state index contributed by atoms with van der Waals surface area (Å²) in [6, 6.07) is 8.89. The van der Waals surface area contributed by atoms with Crippen molar-refractivity contribution in [3.8, 4) is 0 Å². The van der Waals surface area contributed by atoms with Crippen molar-refractivity contribution < 1.29 is 5.11 Å². The van der Waals surface area contributed by atoms with Gasteiger partial charge in [0, 0.05) is 12.6 Å². The summed E-state index contributed by atoms with van der Waals surface area (Å²) >= 11 is 0. The van der Waals surface area contributed by atoms with Crippen LogP contribution >= 0.6 is 0 Å². The second-order valence-electron chi connectivity index (χ2n) is 5.93. The molecule has 2 heteroatoms. The molecule has 1 fully saturated rings. The number of aryl methyl sites for hydroxylation is 1. The lowest BCUT2D eigenvalue weighted by Crippen LogP contribution is -2.34. The lowest BCUT2D eigenvalue weighted by Gasteiger charge is -2.31. The Bertz CT molecular complexity index is 385. The van der Waals surface area contributed by atoms with E-state index in [4.69, 9.17) is 0 Å². The fourth-order valence-electron chi connectivity index (χ4n) is 3.15. The van der Waals surface area contributed by atoms with Gasteiger partial charge in [0.05, 0.1) is 6.10 Å². The first kappa shape index (κ1) is 14.5. The number of hydrogen-bond acceptors (Lipinski definition) is 2. The van der Waals surface area contributed by atoms with E-state index in [2.05, 4.69) is 24.9 Å². The average molecular weight is 261 g/mol. The van der Waals surface area contributed by atoms with Gasteiger partial charge >= 0.3 is 0 Å².